The zero-order valence-corrected chi connectivity index (χ0v) is 8.36. The molecule has 2 nitrogen and oxygen atoms in total. The molecule has 1 saturated carbocycles. The molecule has 1 aliphatic carbocycles. The maximum Gasteiger partial charge on any atom is 0.138 e. The molecule has 0 amide bonds. The van der Waals surface area contributed by atoms with Gasteiger partial charge in [-0.05, 0) is 6.42 Å². The van der Waals surface area contributed by atoms with Crippen molar-refractivity contribution < 1.29 is 9.90 Å². The summed E-state index contributed by atoms with van der Waals surface area (Å²) >= 11 is 0. The minimum absolute atomic E-state index is 0.00288. The summed E-state index contributed by atoms with van der Waals surface area (Å²) in [6, 6.07) is 0. The number of ketones is 1. The molecule has 0 aromatic rings. The Morgan fingerprint density at radius 2 is 2.31 bits per heavy atom. The third kappa shape index (κ3) is 2.41. The van der Waals surface area contributed by atoms with Crippen molar-refractivity contribution in [1.82, 2.24) is 0 Å². The largest absolute Gasteiger partial charge is 0.392 e. The fourth-order valence-corrected chi connectivity index (χ4v) is 1.79. The van der Waals surface area contributed by atoms with E-state index in [2.05, 4.69) is 13.0 Å². The Balaban J connectivity index is 2.53. The summed E-state index contributed by atoms with van der Waals surface area (Å²) in [4.78, 5) is 11.2. The van der Waals surface area contributed by atoms with Crippen molar-refractivity contribution in [2.45, 2.75) is 39.2 Å². The number of rotatable bonds is 3. The van der Waals surface area contributed by atoms with E-state index in [9.17, 15) is 9.90 Å². The predicted molar refractivity (Wildman–Crippen MR) is 52.3 cm³/mol. The molecular formula is C11H18O2. The van der Waals surface area contributed by atoms with Crippen LogP contribution in [0.4, 0.5) is 0 Å². The summed E-state index contributed by atoms with van der Waals surface area (Å²) in [5.41, 5.74) is 0. The average Bonchev–Trinajstić information content (AvgIpc) is 2.32. The van der Waals surface area contributed by atoms with Crippen LogP contribution in [0, 0.1) is 11.8 Å². The maximum absolute atomic E-state index is 11.2. The van der Waals surface area contributed by atoms with Gasteiger partial charge in [-0.1, -0.05) is 32.4 Å². The predicted octanol–water partition coefficient (Wildman–Crippen LogP) is 1.93. The molecule has 2 unspecified atom stereocenters. The van der Waals surface area contributed by atoms with E-state index < -0.39 is 6.10 Å². The Morgan fingerprint density at radius 3 is 2.77 bits per heavy atom. The van der Waals surface area contributed by atoms with Gasteiger partial charge in [-0.25, -0.2) is 0 Å². The van der Waals surface area contributed by atoms with Gasteiger partial charge in [0.15, 0.2) is 0 Å². The topological polar surface area (TPSA) is 37.3 Å². The van der Waals surface area contributed by atoms with E-state index in [1.807, 2.05) is 13.0 Å². The fraction of sp³-hybridized carbons (Fsp3) is 0.727. The van der Waals surface area contributed by atoms with Crippen LogP contribution in [0.3, 0.4) is 0 Å². The van der Waals surface area contributed by atoms with Crippen molar-refractivity contribution in [1.29, 1.82) is 0 Å². The van der Waals surface area contributed by atoms with Gasteiger partial charge in [0, 0.05) is 18.3 Å². The molecule has 0 aromatic carbocycles. The SMILES string of the molecule is CCC/C=C/C1C(C)C(=O)C[C@H]1O. The molecular weight excluding hydrogens is 164 g/mol. The molecule has 74 valence electrons. The summed E-state index contributed by atoms with van der Waals surface area (Å²) in [6.45, 7) is 4.02. The number of carbonyl (C=O) groups is 1. The van der Waals surface area contributed by atoms with E-state index in [0.29, 0.717) is 6.42 Å². The number of hydrogen-bond donors (Lipinski definition) is 1. The molecule has 3 atom stereocenters. The molecule has 13 heavy (non-hydrogen) atoms. The van der Waals surface area contributed by atoms with Crippen molar-refractivity contribution >= 4 is 5.78 Å². The molecule has 1 N–H and O–H groups in total. The Morgan fingerprint density at radius 1 is 1.62 bits per heavy atom. The summed E-state index contributed by atoms with van der Waals surface area (Å²) in [6.07, 6.45) is 6.11. The number of allylic oxidation sites excluding steroid dienone is 1. The second-order valence-electron chi connectivity index (χ2n) is 3.82. The molecule has 0 aromatic heterocycles. The van der Waals surface area contributed by atoms with Gasteiger partial charge in [0.2, 0.25) is 0 Å². The number of carbonyl (C=O) groups excluding carboxylic acids is 1. The lowest BCUT2D eigenvalue weighted by Crippen LogP contribution is -2.15. The summed E-state index contributed by atoms with van der Waals surface area (Å²) in [5.74, 6) is 0.251. The van der Waals surface area contributed by atoms with Crippen molar-refractivity contribution in [2.24, 2.45) is 11.8 Å². The zero-order valence-electron chi connectivity index (χ0n) is 8.36. The quantitative estimate of drug-likeness (QED) is 0.677. The summed E-state index contributed by atoms with van der Waals surface area (Å²) in [5, 5.41) is 9.56. The third-order valence-electron chi connectivity index (χ3n) is 2.75. The van der Waals surface area contributed by atoms with Gasteiger partial charge in [0.05, 0.1) is 6.10 Å². The Hall–Kier alpha value is -0.630. The Labute approximate surface area is 79.6 Å². The minimum atomic E-state index is -0.449. The van der Waals surface area contributed by atoms with E-state index in [1.165, 1.54) is 0 Å². The van der Waals surface area contributed by atoms with Crippen LogP contribution < -0.4 is 0 Å². The molecule has 0 saturated heterocycles. The smallest absolute Gasteiger partial charge is 0.138 e. The third-order valence-corrected chi connectivity index (χ3v) is 2.75. The van der Waals surface area contributed by atoms with Crippen molar-refractivity contribution in [2.75, 3.05) is 0 Å². The van der Waals surface area contributed by atoms with Gasteiger partial charge in [0.25, 0.3) is 0 Å². The fourth-order valence-electron chi connectivity index (χ4n) is 1.79. The normalized spacial score (nSPS) is 34.7. The van der Waals surface area contributed by atoms with Gasteiger partial charge in [-0.15, -0.1) is 0 Å². The highest BCUT2D eigenvalue weighted by molar-refractivity contribution is 5.84. The van der Waals surface area contributed by atoms with E-state index in [0.717, 1.165) is 12.8 Å². The van der Waals surface area contributed by atoms with Crippen LogP contribution in [-0.4, -0.2) is 17.0 Å². The van der Waals surface area contributed by atoms with Crippen molar-refractivity contribution in [3.63, 3.8) is 0 Å². The van der Waals surface area contributed by atoms with Crippen LogP contribution in [0.25, 0.3) is 0 Å². The molecule has 1 fully saturated rings. The first-order chi connectivity index (χ1) is 6.16. The van der Waals surface area contributed by atoms with E-state index >= 15 is 0 Å². The molecule has 0 aliphatic heterocycles. The molecule has 0 radical (unpaired) electrons. The summed E-state index contributed by atoms with van der Waals surface area (Å²) < 4.78 is 0. The number of unbranched alkanes of at least 4 members (excludes halogenated alkanes) is 1. The van der Waals surface area contributed by atoms with E-state index in [-0.39, 0.29) is 17.6 Å². The molecule has 1 aliphatic rings. The number of hydrogen-bond acceptors (Lipinski definition) is 2. The highest BCUT2D eigenvalue weighted by atomic mass is 16.3. The lowest BCUT2D eigenvalue weighted by Gasteiger charge is -2.12. The van der Waals surface area contributed by atoms with Gasteiger partial charge in [-0.2, -0.15) is 0 Å². The molecule has 0 bridgehead atoms. The monoisotopic (exact) mass is 182 g/mol. The lowest BCUT2D eigenvalue weighted by molar-refractivity contribution is -0.120. The van der Waals surface area contributed by atoms with Gasteiger partial charge < -0.3 is 5.11 Å². The van der Waals surface area contributed by atoms with Gasteiger partial charge >= 0.3 is 0 Å². The minimum Gasteiger partial charge on any atom is -0.392 e. The first kappa shape index (κ1) is 10.5. The van der Waals surface area contributed by atoms with Crippen LogP contribution in [-0.2, 0) is 4.79 Å². The zero-order chi connectivity index (χ0) is 9.84. The first-order valence-corrected chi connectivity index (χ1v) is 5.04. The first-order valence-electron chi connectivity index (χ1n) is 5.04. The highest BCUT2D eigenvalue weighted by Crippen LogP contribution is 2.29. The number of Topliss-reactive ketones (excluding diaryl/α,β-unsaturated/α-hetero) is 1. The molecule has 0 heterocycles. The van der Waals surface area contributed by atoms with Crippen LogP contribution in [0.15, 0.2) is 12.2 Å². The Bertz CT molecular complexity index is 208. The second-order valence-corrected chi connectivity index (χ2v) is 3.82. The van der Waals surface area contributed by atoms with Crippen molar-refractivity contribution in [3.05, 3.63) is 12.2 Å². The van der Waals surface area contributed by atoms with Gasteiger partial charge in [-0.3, -0.25) is 4.79 Å². The van der Waals surface area contributed by atoms with Crippen LogP contribution >= 0.6 is 0 Å². The second kappa shape index (κ2) is 4.56. The van der Waals surface area contributed by atoms with Crippen molar-refractivity contribution in [3.8, 4) is 0 Å². The maximum atomic E-state index is 11.2. The van der Waals surface area contributed by atoms with Gasteiger partial charge in [0.1, 0.15) is 5.78 Å². The molecule has 1 rings (SSSR count). The summed E-state index contributed by atoms with van der Waals surface area (Å²) in [7, 11) is 0. The Kier molecular flexibility index (Phi) is 3.67. The van der Waals surface area contributed by atoms with E-state index in [4.69, 9.17) is 0 Å². The van der Waals surface area contributed by atoms with Crippen LogP contribution in [0.5, 0.6) is 0 Å². The number of aliphatic hydroxyl groups is 1. The lowest BCUT2D eigenvalue weighted by atomic mass is 9.95. The van der Waals surface area contributed by atoms with E-state index in [1.54, 1.807) is 0 Å². The molecule has 0 spiro atoms. The van der Waals surface area contributed by atoms with Crippen LogP contribution in [0.2, 0.25) is 0 Å². The highest BCUT2D eigenvalue weighted by Gasteiger charge is 2.36. The number of aliphatic hydroxyl groups excluding tert-OH is 1. The standard InChI is InChI=1S/C11H18O2/c1-3-4-5-6-9-8(2)10(12)7-11(9)13/h5-6,8-9,11,13H,3-4,7H2,1-2H3/b6-5+/t8?,9?,11-/m1/s1. The van der Waals surface area contributed by atoms with Crippen LogP contribution in [0.1, 0.15) is 33.1 Å². The molecule has 2 heteroatoms. The average molecular weight is 182 g/mol.